The van der Waals surface area contributed by atoms with E-state index in [9.17, 15) is 19.3 Å². The number of carbonyl (C=O) groups is 1. The lowest BCUT2D eigenvalue weighted by Gasteiger charge is -2.12. The number of ether oxygens (including phenoxy) is 2. The van der Waals surface area contributed by atoms with Crippen LogP contribution in [-0.2, 0) is 11.2 Å². The second kappa shape index (κ2) is 7.57. The zero-order valence-corrected chi connectivity index (χ0v) is 14.2. The Labute approximate surface area is 152 Å². The van der Waals surface area contributed by atoms with Crippen LogP contribution in [0.25, 0.3) is 0 Å². The molecule has 1 heterocycles. The smallest absolute Gasteiger partial charge is 0.306 e. The van der Waals surface area contributed by atoms with Gasteiger partial charge in [0.15, 0.2) is 11.5 Å². The van der Waals surface area contributed by atoms with Crippen molar-refractivity contribution >= 4 is 28.9 Å². The largest absolute Gasteiger partial charge is 0.489 e. The van der Waals surface area contributed by atoms with Crippen molar-refractivity contribution < 1.29 is 23.6 Å². The summed E-state index contributed by atoms with van der Waals surface area (Å²) in [6, 6.07) is 6.41. The van der Waals surface area contributed by atoms with Gasteiger partial charge < -0.3 is 14.8 Å². The summed E-state index contributed by atoms with van der Waals surface area (Å²) in [6.07, 6.45) is 0.686. The lowest BCUT2D eigenvalue weighted by Crippen LogP contribution is -2.14. The van der Waals surface area contributed by atoms with Crippen LogP contribution in [0.2, 0.25) is 5.02 Å². The summed E-state index contributed by atoms with van der Waals surface area (Å²) in [6.45, 7) is 0.980. The Balaban J connectivity index is 1.74. The Morgan fingerprint density at radius 2 is 2.04 bits per heavy atom. The molecule has 0 radical (unpaired) electrons. The summed E-state index contributed by atoms with van der Waals surface area (Å²) in [5.74, 6) is -0.489. The first-order valence-corrected chi connectivity index (χ1v) is 8.13. The summed E-state index contributed by atoms with van der Waals surface area (Å²) >= 11 is 6.18. The van der Waals surface area contributed by atoms with Gasteiger partial charge in [0.25, 0.3) is 0 Å². The third-order valence-electron chi connectivity index (χ3n) is 3.65. The highest BCUT2D eigenvalue weighted by Crippen LogP contribution is 2.38. The molecule has 26 heavy (non-hydrogen) atoms. The van der Waals surface area contributed by atoms with Gasteiger partial charge in [0, 0.05) is 18.2 Å². The molecule has 2 aromatic carbocycles. The van der Waals surface area contributed by atoms with Crippen molar-refractivity contribution in [2.45, 2.75) is 12.8 Å². The van der Waals surface area contributed by atoms with Crippen LogP contribution in [0.1, 0.15) is 12.0 Å². The summed E-state index contributed by atoms with van der Waals surface area (Å²) in [5, 5.41) is 13.6. The first-order chi connectivity index (χ1) is 12.4. The molecule has 1 aliphatic rings. The van der Waals surface area contributed by atoms with E-state index in [0.717, 1.165) is 18.6 Å². The number of nitrogens with zero attached hydrogens (tertiary/aromatic N) is 1. The average Bonchev–Trinajstić information content (AvgIpc) is 2.82. The van der Waals surface area contributed by atoms with E-state index in [4.69, 9.17) is 21.1 Å². The topological polar surface area (TPSA) is 90.7 Å². The fraction of sp³-hybridized carbons (Fsp3) is 0.235. The van der Waals surface area contributed by atoms with Gasteiger partial charge in [-0.25, -0.2) is 0 Å². The van der Waals surface area contributed by atoms with E-state index < -0.39 is 22.3 Å². The monoisotopic (exact) mass is 380 g/mol. The van der Waals surface area contributed by atoms with Gasteiger partial charge in [0.05, 0.1) is 29.6 Å². The van der Waals surface area contributed by atoms with Crippen molar-refractivity contribution in [3.63, 3.8) is 0 Å². The number of nitro benzene ring substituents is 1. The van der Waals surface area contributed by atoms with Crippen LogP contribution in [0.3, 0.4) is 0 Å². The van der Waals surface area contributed by atoms with Crippen LogP contribution < -0.4 is 14.8 Å². The Hall–Kier alpha value is -2.87. The third kappa shape index (κ3) is 4.02. The van der Waals surface area contributed by atoms with E-state index >= 15 is 0 Å². The molecule has 136 valence electrons. The fourth-order valence-corrected chi connectivity index (χ4v) is 2.79. The zero-order valence-electron chi connectivity index (χ0n) is 13.5. The van der Waals surface area contributed by atoms with Crippen LogP contribution in [0, 0.1) is 15.9 Å². The van der Waals surface area contributed by atoms with Crippen molar-refractivity contribution in [3.05, 3.63) is 56.8 Å². The normalized spacial score (nSPS) is 13.0. The van der Waals surface area contributed by atoms with Gasteiger partial charge in [-0.3, -0.25) is 14.9 Å². The molecule has 3 rings (SSSR count). The third-order valence-corrected chi connectivity index (χ3v) is 3.93. The number of amides is 1. The van der Waals surface area contributed by atoms with E-state index in [0.29, 0.717) is 35.3 Å². The lowest BCUT2D eigenvalue weighted by molar-refractivity contribution is -0.387. The Morgan fingerprint density at radius 1 is 1.27 bits per heavy atom. The fourth-order valence-electron chi connectivity index (χ4n) is 2.51. The first kappa shape index (κ1) is 17.9. The lowest BCUT2D eigenvalue weighted by atomic mass is 10.1. The molecular formula is C17H14ClFN2O5. The van der Waals surface area contributed by atoms with Crippen LogP contribution in [0.5, 0.6) is 11.5 Å². The Kier molecular flexibility index (Phi) is 5.22. The molecule has 2 aromatic rings. The highest BCUT2D eigenvalue weighted by molar-refractivity contribution is 6.32. The molecule has 0 unspecified atom stereocenters. The quantitative estimate of drug-likeness (QED) is 0.644. The SMILES string of the molecule is O=C(Cc1cc(Cl)c2c(c1)OCCCO2)Nc1ccc(F)c([N+](=O)[O-])c1. The molecule has 0 saturated heterocycles. The molecule has 1 N–H and O–H groups in total. The summed E-state index contributed by atoms with van der Waals surface area (Å²) in [4.78, 5) is 22.1. The minimum atomic E-state index is -0.970. The Morgan fingerprint density at radius 3 is 2.81 bits per heavy atom. The van der Waals surface area contributed by atoms with E-state index in [1.165, 1.54) is 6.07 Å². The molecule has 0 bridgehead atoms. The van der Waals surface area contributed by atoms with Crippen LogP contribution >= 0.6 is 11.6 Å². The van der Waals surface area contributed by atoms with Crippen molar-refractivity contribution in [1.82, 2.24) is 0 Å². The minimum Gasteiger partial charge on any atom is -0.489 e. The molecular weight excluding hydrogens is 367 g/mol. The molecule has 1 amide bonds. The van der Waals surface area contributed by atoms with Crippen molar-refractivity contribution in [2.75, 3.05) is 18.5 Å². The number of nitro groups is 1. The first-order valence-electron chi connectivity index (χ1n) is 7.76. The zero-order chi connectivity index (χ0) is 18.7. The number of hydrogen-bond acceptors (Lipinski definition) is 5. The molecule has 0 atom stereocenters. The van der Waals surface area contributed by atoms with Crippen LogP contribution in [0.4, 0.5) is 15.8 Å². The average molecular weight is 381 g/mol. The van der Waals surface area contributed by atoms with Crippen molar-refractivity contribution in [1.29, 1.82) is 0 Å². The Bertz CT molecular complexity index is 874. The van der Waals surface area contributed by atoms with Gasteiger partial charge in [-0.1, -0.05) is 11.6 Å². The second-order valence-corrected chi connectivity index (χ2v) is 6.01. The number of nitrogens with one attached hydrogen (secondary N) is 1. The minimum absolute atomic E-state index is 0.0401. The molecule has 0 saturated carbocycles. The van der Waals surface area contributed by atoms with Crippen molar-refractivity contribution in [3.8, 4) is 11.5 Å². The highest BCUT2D eigenvalue weighted by atomic mass is 35.5. The van der Waals surface area contributed by atoms with Crippen LogP contribution in [-0.4, -0.2) is 24.0 Å². The van der Waals surface area contributed by atoms with Gasteiger partial charge in [-0.2, -0.15) is 4.39 Å². The van der Waals surface area contributed by atoms with Gasteiger partial charge >= 0.3 is 5.69 Å². The van der Waals surface area contributed by atoms with E-state index in [-0.39, 0.29) is 12.1 Å². The maximum Gasteiger partial charge on any atom is 0.306 e. The number of benzene rings is 2. The maximum atomic E-state index is 13.3. The van der Waals surface area contributed by atoms with Crippen molar-refractivity contribution in [2.24, 2.45) is 0 Å². The molecule has 0 aromatic heterocycles. The molecule has 0 aliphatic carbocycles. The molecule has 9 heteroatoms. The number of anilines is 1. The van der Waals surface area contributed by atoms with E-state index in [1.54, 1.807) is 12.1 Å². The van der Waals surface area contributed by atoms with Crippen LogP contribution in [0.15, 0.2) is 30.3 Å². The number of hydrogen-bond donors (Lipinski definition) is 1. The molecule has 0 spiro atoms. The van der Waals surface area contributed by atoms with Gasteiger partial charge in [-0.05, 0) is 29.8 Å². The predicted molar refractivity (Wildman–Crippen MR) is 92.4 cm³/mol. The van der Waals surface area contributed by atoms with Gasteiger partial charge in [0.1, 0.15) is 0 Å². The molecule has 0 fully saturated rings. The predicted octanol–water partition coefficient (Wildman–Crippen LogP) is 3.73. The van der Waals surface area contributed by atoms with E-state index in [1.807, 2.05) is 0 Å². The number of rotatable bonds is 4. The maximum absolute atomic E-state index is 13.3. The summed E-state index contributed by atoms with van der Waals surface area (Å²) in [7, 11) is 0. The highest BCUT2D eigenvalue weighted by Gasteiger charge is 2.18. The standard InChI is InChI=1S/C17H14ClFN2O5/c18-12-6-10(7-15-17(12)26-5-1-4-25-15)8-16(22)20-11-2-3-13(19)14(9-11)21(23)24/h2-3,6-7,9H,1,4-5,8H2,(H,20,22). The molecule has 1 aliphatic heterocycles. The van der Waals surface area contributed by atoms with E-state index in [2.05, 4.69) is 5.32 Å². The number of carbonyl (C=O) groups excluding carboxylic acids is 1. The van der Waals surface area contributed by atoms with Gasteiger partial charge in [-0.15, -0.1) is 0 Å². The van der Waals surface area contributed by atoms with Gasteiger partial charge in [0.2, 0.25) is 11.7 Å². The number of halogens is 2. The molecule has 7 nitrogen and oxygen atoms in total. The number of fused-ring (bicyclic) bond motifs is 1. The summed E-state index contributed by atoms with van der Waals surface area (Å²) in [5.41, 5.74) is 0.0123. The second-order valence-electron chi connectivity index (χ2n) is 5.60. The summed E-state index contributed by atoms with van der Waals surface area (Å²) < 4.78 is 24.4.